The molecule has 2 heterocycles. The summed E-state index contributed by atoms with van der Waals surface area (Å²) in [5.41, 5.74) is 4.18. The van der Waals surface area contributed by atoms with Crippen molar-refractivity contribution in [3.8, 4) is 0 Å². The molecular weight excluding hydrogens is 306 g/mol. The van der Waals surface area contributed by atoms with Crippen LogP contribution in [0.15, 0.2) is 54.6 Å². The van der Waals surface area contributed by atoms with Crippen molar-refractivity contribution < 1.29 is 0 Å². The second-order valence-electron chi connectivity index (χ2n) is 7.68. The molecule has 0 unspecified atom stereocenters. The van der Waals surface area contributed by atoms with Gasteiger partial charge in [0.15, 0.2) is 0 Å². The van der Waals surface area contributed by atoms with Gasteiger partial charge in [-0.25, -0.2) is 10.0 Å². The monoisotopic (exact) mass is 335 g/mol. The molecule has 2 aliphatic rings. The number of hydrogen-bond acceptors (Lipinski definition) is 3. The van der Waals surface area contributed by atoms with Gasteiger partial charge in [-0.1, -0.05) is 60.2 Å². The van der Waals surface area contributed by atoms with Crippen LogP contribution in [0.5, 0.6) is 0 Å². The van der Waals surface area contributed by atoms with Gasteiger partial charge in [0.1, 0.15) is 6.17 Å². The van der Waals surface area contributed by atoms with Crippen LogP contribution in [-0.4, -0.2) is 40.6 Å². The van der Waals surface area contributed by atoms with Gasteiger partial charge in [-0.15, -0.1) is 0 Å². The Morgan fingerprint density at radius 3 is 2.20 bits per heavy atom. The first-order chi connectivity index (χ1) is 12.1. The highest BCUT2D eigenvalue weighted by Crippen LogP contribution is 2.41. The molecule has 4 rings (SSSR count). The highest BCUT2D eigenvalue weighted by Gasteiger charge is 2.44. The summed E-state index contributed by atoms with van der Waals surface area (Å²) < 4.78 is 0. The van der Waals surface area contributed by atoms with Crippen LogP contribution >= 0.6 is 0 Å². The van der Waals surface area contributed by atoms with Crippen molar-refractivity contribution in [1.82, 2.24) is 14.9 Å². The van der Waals surface area contributed by atoms with Crippen LogP contribution in [-0.2, 0) is 0 Å². The van der Waals surface area contributed by atoms with Crippen molar-refractivity contribution in [2.45, 2.75) is 45.4 Å². The Bertz CT molecular complexity index is 693. The first-order valence-electron chi connectivity index (χ1n) is 9.55. The Kier molecular flexibility index (Phi) is 4.63. The van der Waals surface area contributed by atoms with Gasteiger partial charge in [0.05, 0.1) is 6.04 Å². The van der Waals surface area contributed by atoms with E-state index in [1.165, 1.54) is 23.1 Å². The van der Waals surface area contributed by atoms with E-state index in [9.17, 15) is 0 Å². The third-order valence-electron chi connectivity index (χ3n) is 5.67. The van der Waals surface area contributed by atoms with E-state index in [1.54, 1.807) is 0 Å². The van der Waals surface area contributed by atoms with Gasteiger partial charge in [0, 0.05) is 25.7 Å². The molecule has 132 valence electrons. The molecule has 3 nitrogen and oxygen atoms in total. The van der Waals surface area contributed by atoms with Gasteiger partial charge in [-0.3, -0.25) is 4.90 Å². The smallest absolute Gasteiger partial charge is 0.102 e. The lowest BCUT2D eigenvalue weighted by Gasteiger charge is -2.52. The SMILES string of the molecule is Cc1ccc([C@H]2CN(C(C)C)[C@H](c3ccccc3)N3CCCN23)cc1. The van der Waals surface area contributed by atoms with Crippen LogP contribution < -0.4 is 0 Å². The third-order valence-corrected chi connectivity index (χ3v) is 5.67. The van der Waals surface area contributed by atoms with Crippen molar-refractivity contribution in [2.24, 2.45) is 0 Å². The van der Waals surface area contributed by atoms with Crippen molar-refractivity contribution in [2.75, 3.05) is 19.6 Å². The van der Waals surface area contributed by atoms with Crippen molar-refractivity contribution >= 4 is 0 Å². The largest absolute Gasteiger partial charge is 0.279 e. The lowest BCUT2D eigenvalue weighted by atomic mass is 10.00. The predicted molar refractivity (Wildman–Crippen MR) is 103 cm³/mol. The van der Waals surface area contributed by atoms with Crippen LogP contribution in [0, 0.1) is 6.92 Å². The van der Waals surface area contributed by atoms with E-state index in [-0.39, 0.29) is 0 Å². The maximum Gasteiger partial charge on any atom is 0.102 e. The molecule has 2 fully saturated rings. The molecule has 2 aromatic rings. The first kappa shape index (κ1) is 16.8. The molecule has 2 aliphatic heterocycles. The third kappa shape index (κ3) is 3.12. The molecule has 0 aromatic heterocycles. The molecule has 0 bridgehead atoms. The summed E-state index contributed by atoms with van der Waals surface area (Å²) in [6, 6.07) is 21.1. The molecule has 2 aromatic carbocycles. The molecule has 3 heteroatoms. The number of fused-ring (bicyclic) bond motifs is 1. The van der Waals surface area contributed by atoms with Gasteiger partial charge < -0.3 is 0 Å². The molecule has 0 radical (unpaired) electrons. The number of hydrazine groups is 1. The number of hydrogen-bond donors (Lipinski definition) is 0. The van der Waals surface area contributed by atoms with E-state index < -0.39 is 0 Å². The zero-order valence-corrected chi connectivity index (χ0v) is 15.6. The Balaban J connectivity index is 1.72. The van der Waals surface area contributed by atoms with E-state index >= 15 is 0 Å². The normalized spacial score (nSPS) is 25.4. The zero-order chi connectivity index (χ0) is 17.4. The summed E-state index contributed by atoms with van der Waals surface area (Å²) in [5, 5.41) is 5.24. The second-order valence-corrected chi connectivity index (χ2v) is 7.68. The van der Waals surface area contributed by atoms with Crippen LogP contribution in [0.4, 0.5) is 0 Å². The van der Waals surface area contributed by atoms with Crippen molar-refractivity contribution in [1.29, 1.82) is 0 Å². The highest BCUT2D eigenvalue weighted by molar-refractivity contribution is 5.26. The highest BCUT2D eigenvalue weighted by atomic mass is 15.7. The average Bonchev–Trinajstić information content (AvgIpc) is 3.11. The summed E-state index contributed by atoms with van der Waals surface area (Å²) in [5.74, 6) is 0. The predicted octanol–water partition coefficient (Wildman–Crippen LogP) is 4.38. The Morgan fingerprint density at radius 1 is 0.840 bits per heavy atom. The van der Waals surface area contributed by atoms with Gasteiger partial charge in [-0.2, -0.15) is 0 Å². The fourth-order valence-corrected chi connectivity index (χ4v) is 4.36. The summed E-state index contributed by atoms with van der Waals surface area (Å²) in [6.07, 6.45) is 1.60. The number of benzene rings is 2. The van der Waals surface area contributed by atoms with E-state index in [2.05, 4.69) is 90.3 Å². The standard InChI is InChI=1S/C22H29N3/c1-17(2)23-16-21(19-12-10-18(3)11-13-19)24-14-7-15-25(24)22(23)20-8-5-4-6-9-20/h4-6,8-13,17,21-22H,7,14-16H2,1-3H3/t21-,22+/m1/s1. The maximum absolute atomic E-state index is 2.67. The fourth-order valence-electron chi connectivity index (χ4n) is 4.36. The van der Waals surface area contributed by atoms with Crippen molar-refractivity contribution in [3.63, 3.8) is 0 Å². The Morgan fingerprint density at radius 2 is 1.52 bits per heavy atom. The van der Waals surface area contributed by atoms with Crippen LogP contribution in [0.1, 0.15) is 49.2 Å². The van der Waals surface area contributed by atoms with E-state index in [0.717, 1.165) is 19.6 Å². The molecule has 0 spiro atoms. The Hall–Kier alpha value is -1.68. The first-order valence-corrected chi connectivity index (χ1v) is 9.55. The average molecular weight is 335 g/mol. The van der Waals surface area contributed by atoms with Gasteiger partial charge in [0.25, 0.3) is 0 Å². The maximum atomic E-state index is 2.67. The van der Waals surface area contributed by atoms with Gasteiger partial charge in [-0.05, 0) is 38.3 Å². The molecule has 2 saturated heterocycles. The van der Waals surface area contributed by atoms with E-state index in [1.807, 2.05) is 0 Å². The second kappa shape index (κ2) is 6.91. The van der Waals surface area contributed by atoms with Crippen molar-refractivity contribution in [3.05, 3.63) is 71.3 Å². The van der Waals surface area contributed by atoms with E-state index in [4.69, 9.17) is 0 Å². The minimum Gasteiger partial charge on any atom is -0.279 e. The molecule has 0 aliphatic carbocycles. The Labute approximate surface area is 151 Å². The lowest BCUT2D eigenvalue weighted by Crippen LogP contribution is -2.58. The molecular formula is C22H29N3. The number of nitrogens with zero attached hydrogens (tertiary/aromatic N) is 3. The number of aryl methyl sites for hydroxylation is 1. The molecule has 0 saturated carbocycles. The quantitative estimate of drug-likeness (QED) is 0.824. The topological polar surface area (TPSA) is 9.72 Å². The van der Waals surface area contributed by atoms with Crippen LogP contribution in [0.2, 0.25) is 0 Å². The minimum absolute atomic E-state index is 0.352. The molecule has 25 heavy (non-hydrogen) atoms. The minimum atomic E-state index is 0.352. The molecule has 0 N–H and O–H groups in total. The zero-order valence-electron chi connectivity index (χ0n) is 15.6. The lowest BCUT2D eigenvalue weighted by molar-refractivity contribution is -0.168. The van der Waals surface area contributed by atoms with E-state index in [0.29, 0.717) is 18.2 Å². The summed E-state index contributed by atoms with van der Waals surface area (Å²) >= 11 is 0. The summed E-state index contributed by atoms with van der Waals surface area (Å²) in [6.45, 7) is 10.2. The fraction of sp³-hybridized carbons (Fsp3) is 0.455. The van der Waals surface area contributed by atoms with Crippen LogP contribution in [0.3, 0.4) is 0 Å². The van der Waals surface area contributed by atoms with Gasteiger partial charge >= 0.3 is 0 Å². The molecule has 0 amide bonds. The number of rotatable bonds is 3. The van der Waals surface area contributed by atoms with Crippen LogP contribution in [0.25, 0.3) is 0 Å². The molecule has 2 atom stereocenters. The summed E-state index contributed by atoms with van der Waals surface area (Å²) in [4.78, 5) is 2.67. The van der Waals surface area contributed by atoms with Gasteiger partial charge in [0.2, 0.25) is 0 Å². The summed E-state index contributed by atoms with van der Waals surface area (Å²) in [7, 11) is 0.